The molecule has 4 nitrogen and oxygen atoms in total. The second-order valence-corrected chi connectivity index (χ2v) is 6.48. The fourth-order valence-electron chi connectivity index (χ4n) is 1.39. The molecule has 0 spiro atoms. The fraction of sp³-hybridized carbons (Fsp3) is 0.500. The third kappa shape index (κ3) is 6.66. The van der Waals surface area contributed by atoms with Crippen molar-refractivity contribution in [1.82, 2.24) is 5.32 Å². The maximum Gasteiger partial charge on any atom is 0.407 e. The Bertz CT molecular complexity index is 442. The molecule has 0 aliphatic carbocycles. The number of hydrogen-bond acceptors (Lipinski definition) is 3. The molecular formula is C14H21IN2O2. The average molecular weight is 376 g/mol. The van der Waals surface area contributed by atoms with Crippen LogP contribution < -0.4 is 10.6 Å². The zero-order chi connectivity index (χ0) is 14.5. The van der Waals surface area contributed by atoms with E-state index in [2.05, 4.69) is 52.3 Å². The summed E-state index contributed by atoms with van der Waals surface area (Å²) in [7, 11) is 0. The van der Waals surface area contributed by atoms with E-state index in [0.29, 0.717) is 13.1 Å². The number of halogens is 1. The first-order valence-electron chi connectivity index (χ1n) is 6.25. The van der Waals surface area contributed by atoms with Crippen LogP contribution in [0, 0.1) is 10.5 Å². The first-order chi connectivity index (χ1) is 8.78. The lowest BCUT2D eigenvalue weighted by atomic mass is 10.2. The van der Waals surface area contributed by atoms with Crippen LogP contribution in [0.4, 0.5) is 10.5 Å². The molecule has 1 amide bonds. The molecule has 1 aromatic rings. The average Bonchev–Trinajstić information content (AvgIpc) is 2.27. The van der Waals surface area contributed by atoms with Crippen molar-refractivity contribution in [1.29, 1.82) is 0 Å². The molecule has 0 unspecified atom stereocenters. The lowest BCUT2D eigenvalue weighted by Gasteiger charge is -2.19. The summed E-state index contributed by atoms with van der Waals surface area (Å²) < 4.78 is 6.37. The third-order valence-electron chi connectivity index (χ3n) is 2.29. The molecule has 19 heavy (non-hydrogen) atoms. The van der Waals surface area contributed by atoms with Crippen LogP contribution in [0.15, 0.2) is 18.2 Å². The van der Waals surface area contributed by atoms with Crippen LogP contribution in [0.1, 0.15) is 26.3 Å². The van der Waals surface area contributed by atoms with E-state index in [9.17, 15) is 4.79 Å². The Morgan fingerprint density at radius 1 is 1.32 bits per heavy atom. The van der Waals surface area contributed by atoms with Crippen LogP contribution in [0.5, 0.6) is 0 Å². The van der Waals surface area contributed by atoms with Crippen molar-refractivity contribution in [2.24, 2.45) is 0 Å². The highest BCUT2D eigenvalue weighted by molar-refractivity contribution is 14.1. The highest BCUT2D eigenvalue weighted by Crippen LogP contribution is 2.16. The van der Waals surface area contributed by atoms with Gasteiger partial charge in [-0.3, -0.25) is 0 Å². The smallest absolute Gasteiger partial charge is 0.407 e. The van der Waals surface area contributed by atoms with Crippen molar-refractivity contribution >= 4 is 34.4 Å². The summed E-state index contributed by atoms with van der Waals surface area (Å²) in [6.07, 6.45) is -0.382. The molecule has 0 heterocycles. The molecule has 0 fully saturated rings. The number of alkyl carbamates (subject to hydrolysis) is 1. The number of nitrogens with one attached hydrogen (secondary N) is 2. The molecule has 1 rings (SSSR count). The highest BCUT2D eigenvalue weighted by Gasteiger charge is 2.15. The number of carbonyl (C=O) groups excluding carboxylic acids is 1. The van der Waals surface area contributed by atoms with E-state index in [0.717, 1.165) is 5.69 Å². The first-order valence-corrected chi connectivity index (χ1v) is 7.33. The molecule has 0 aliphatic heterocycles. The summed E-state index contributed by atoms with van der Waals surface area (Å²) in [4.78, 5) is 11.4. The standard InChI is InChI=1S/C14H21IN2O2/c1-10-5-6-11(9-12(10)15)16-7-8-17-13(18)19-14(2,3)4/h5-6,9,16H,7-8H2,1-4H3,(H,17,18). The van der Waals surface area contributed by atoms with Gasteiger partial charge in [0, 0.05) is 22.3 Å². The Labute approximate surface area is 128 Å². The summed E-state index contributed by atoms with van der Waals surface area (Å²) in [6.45, 7) is 8.81. The molecule has 1 aromatic carbocycles. The quantitative estimate of drug-likeness (QED) is 0.625. The predicted octanol–water partition coefficient (Wildman–Crippen LogP) is 3.54. The van der Waals surface area contributed by atoms with Gasteiger partial charge in [0.25, 0.3) is 0 Å². The number of aryl methyl sites for hydroxylation is 1. The Kier molecular flexibility index (Phi) is 5.90. The number of ether oxygens (including phenoxy) is 1. The Morgan fingerprint density at radius 2 is 2.00 bits per heavy atom. The lowest BCUT2D eigenvalue weighted by Crippen LogP contribution is -2.34. The number of amides is 1. The van der Waals surface area contributed by atoms with Crippen LogP contribution in [0.2, 0.25) is 0 Å². The molecule has 0 radical (unpaired) electrons. The molecule has 0 bridgehead atoms. The zero-order valence-electron chi connectivity index (χ0n) is 11.8. The van der Waals surface area contributed by atoms with Crippen molar-refractivity contribution in [3.63, 3.8) is 0 Å². The third-order valence-corrected chi connectivity index (χ3v) is 3.46. The van der Waals surface area contributed by atoms with E-state index < -0.39 is 5.60 Å². The van der Waals surface area contributed by atoms with Gasteiger partial charge < -0.3 is 15.4 Å². The van der Waals surface area contributed by atoms with Crippen molar-refractivity contribution < 1.29 is 9.53 Å². The van der Waals surface area contributed by atoms with Gasteiger partial charge in [-0.15, -0.1) is 0 Å². The summed E-state index contributed by atoms with van der Waals surface area (Å²) in [6, 6.07) is 6.19. The number of benzene rings is 1. The fourth-order valence-corrected chi connectivity index (χ4v) is 1.90. The second-order valence-electron chi connectivity index (χ2n) is 5.32. The predicted molar refractivity (Wildman–Crippen MR) is 86.6 cm³/mol. The maximum absolute atomic E-state index is 11.4. The van der Waals surface area contributed by atoms with Crippen LogP contribution in [0.25, 0.3) is 0 Å². The minimum atomic E-state index is -0.454. The van der Waals surface area contributed by atoms with Gasteiger partial charge in [0.2, 0.25) is 0 Å². The molecule has 0 aliphatic rings. The van der Waals surface area contributed by atoms with Gasteiger partial charge in [-0.1, -0.05) is 6.07 Å². The van der Waals surface area contributed by atoms with Crippen molar-refractivity contribution in [3.05, 3.63) is 27.3 Å². The van der Waals surface area contributed by atoms with Gasteiger partial charge in [0.1, 0.15) is 5.60 Å². The monoisotopic (exact) mass is 376 g/mol. The van der Waals surface area contributed by atoms with E-state index in [1.54, 1.807) is 0 Å². The van der Waals surface area contributed by atoms with Gasteiger partial charge in [-0.2, -0.15) is 0 Å². The van der Waals surface area contributed by atoms with E-state index in [-0.39, 0.29) is 6.09 Å². The van der Waals surface area contributed by atoms with E-state index in [1.807, 2.05) is 26.8 Å². The SMILES string of the molecule is Cc1ccc(NCCNC(=O)OC(C)(C)C)cc1I. The number of rotatable bonds is 4. The molecular weight excluding hydrogens is 355 g/mol. The number of carbonyl (C=O) groups is 1. The van der Waals surface area contributed by atoms with E-state index in [1.165, 1.54) is 9.13 Å². The topological polar surface area (TPSA) is 50.4 Å². The normalized spacial score (nSPS) is 11.0. The summed E-state index contributed by atoms with van der Waals surface area (Å²) in [5, 5.41) is 5.97. The van der Waals surface area contributed by atoms with Crippen LogP contribution in [-0.2, 0) is 4.74 Å². The number of hydrogen-bond donors (Lipinski definition) is 2. The maximum atomic E-state index is 11.4. The molecule has 0 atom stereocenters. The lowest BCUT2D eigenvalue weighted by molar-refractivity contribution is 0.0530. The molecule has 2 N–H and O–H groups in total. The molecule has 0 aromatic heterocycles. The van der Waals surface area contributed by atoms with Crippen molar-refractivity contribution in [2.75, 3.05) is 18.4 Å². The molecule has 106 valence electrons. The minimum absolute atomic E-state index is 0.382. The first kappa shape index (κ1) is 16.1. The Morgan fingerprint density at radius 3 is 2.58 bits per heavy atom. The van der Waals surface area contributed by atoms with Gasteiger partial charge in [-0.25, -0.2) is 4.79 Å². The Balaban J connectivity index is 2.27. The van der Waals surface area contributed by atoms with Crippen LogP contribution in [-0.4, -0.2) is 24.8 Å². The van der Waals surface area contributed by atoms with E-state index >= 15 is 0 Å². The highest BCUT2D eigenvalue weighted by atomic mass is 127. The summed E-state index contributed by atoms with van der Waals surface area (Å²) >= 11 is 2.31. The van der Waals surface area contributed by atoms with Gasteiger partial charge in [0.15, 0.2) is 0 Å². The number of anilines is 1. The zero-order valence-corrected chi connectivity index (χ0v) is 14.0. The summed E-state index contributed by atoms with van der Waals surface area (Å²) in [5.74, 6) is 0. The molecule has 0 saturated heterocycles. The van der Waals surface area contributed by atoms with E-state index in [4.69, 9.17) is 4.74 Å². The van der Waals surface area contributed by atoms with Crippen LogP contribution >= 0.6 is 22.6 Å². The molecule has 0 saturated carbocycles. The Hall–Kier alpha value is -0.980. The van der Waals surface area contributed by atoms with Crippen LogP contribution in [0.3, 0.4) is 0 Å². The van der Waals surface area contributed by atoms with Crippen molar-refractivity contribution in [2.45, 2.75) is 33.3 Å². The van der Waals surface area contributed by atoms with Gasteiger partial charge >= 0.3 is 6.09 Å². The van der Waals surface area contributed by atoms with Gasteiger partial charge in [-0.05, 0) is 68.0 Å². The van der Waals surface area contributed by atoms with Gasteiger partial charge in [0.05, 0.1) is 0 Å². The molecule has 5 heteroatoms. The summed E-state index contributed by atoms with van der Waals surface area (Å²) in [5.41, 5.74) is 1.86. The van der Waals surface area contributed by atoms with Crippen molar-refractivity contribution in [3.8, 4) is 0 Å². The largest absolute Gasteiger partial charge is 0.444 e. The minimum Gasteiger partial charge on any atom is -0.444 e. The second kappa shape index (κ2) is 6.98.